The first-order valence-electron chi connectivity index (χ1n) is 7.77. The number of hydrogen-bond acceptors (Lipinski definition) is 4. The van der Waals surface area contributed by atoms with Crippen molar-refractivity contribution in [3.63, 3.8) is 0 Å². The van der Waals surface area contributed by atoms with Gasteiger partial charge >= 0.3 is 6.03 Å². The average Bonchev–Trinajstić information content (AvgIpc) is 3.30. The molecule has 2 fully saturated rings. The van der Waals surface area contributed by atoms with E-state index in [1.165, 1.54) is 19.3 Å². The lowest BCUT2D eigenvalue weighted by Crippen LogP contribution is -2.51. The number of urea groups is 1. The number of rotatable bonds is 5. The molecule has 0 radical (unpaired) electrons. The molecule has 1 saturated heterocycles. The van der Waals surface area contributed by atoms with Crippen molar-refractivity contribution in [1.29, 1.82) is 0 Å². The van der Waals surface area contributed by atoms with Gasteiger partial charge < -0.3 is 4.90 Å². The number of hydrogen-bond donors (Lipinski definition) is 2. The minimum Gasteiger partial charge on any atom is -0.309 e. The molecule has 0 unspecified atom stereocenters. The van der Waals surface area contributed by atoms with Gasteiger partial charge in [0, 0.05) is 6.54 Å². The normalized spacial score (nSPS) is 22.6. The van der Waals surface area contributed by atoms with E-state index in [0.29, 0.717) is 12.0 Å². The molecule has 2 aliphatic rings. The zero-order chi connectivity index (χ0) is 15.4. The summed E-state index contributed by atoms with van der Waals surface area (Å²) in [7, 11) is 1.90. The summed E-state index contributed by atoms with van der Waals surface area (Å²) in [6.45, 7) is 1.22. The van der Waals surface area contributed by atoms with Crippen LogP contribution in [0.5, 0.6) is 0 Å². The second-order valence-electron chi connectivity index (χ2n) is 6.12. The molecule has 1 atom stereocenters. The van der Waals surface area contributed by atoms with Crippen molar-refractivity contribution >= 4 is 18.0 Å². The number of hydroxylamine groups is 1. The van der Waals surface area contributed by atoms with Crippen LogP contribution in [0.3, 0.4) is 0 Å². The van der Waals surface area contributed by atoms with Gasteiger partial charge in [0.2, 0.25) is 0 Å². The van der Waals surface area contributed by atoms with E-state index in [4.69, 9.17) is 4.84 Å². The molecule has 1 aromatic rings. The van der Waals surface area contributed by atoms with Gasteiger partial charge in [-0.25, -0.2) is 10.3 Å². The molecule has 3 rings (SSSR count). The van der Waals surface area contributed by atoms with Crippen LogP contribution in [0.2, 0.25) is 0 Å². The largest absolute Gasteiger partial charge is 0.342 e. The van der Waals surface area contributed by atoms with Gasteiger partial charge in [-0.2, -0.15) is 0 Å². The maximum Gasteiger partial charge on any atom is 0.342 e. The highest BCUT2D eigenvalue weighted by Crippen LogP contribution is 2.53. The predicted molar refractivity (Wildman–Crippen MR) is 87.8 cm³/mol. The summed E-state index contributed by atoms with van der Waals surface area (Å²) < 4.78 is 3.11. The molecule has 2 N–H and O–H groups in total. The zero-order valence-electron chi connectivity index (χ0n) is 12.9. The van der Waals surface area contributed by atoms with Crippen LogP contribution in [0.25, 0.3) is 0 Å². The van der Waals surface area contributed by atoms with Crippen molar-refractivity contribution in [2.24, 2.45) is 5.41 Å². The Morgan fingerprint density at radius 1 is 1.36 bits per heavy atom. The fourth-order valence-electron chi connectivity index (χ4n) is 2.99. The summed E-state index contributed by atoms with van der Waals surface area (Å²) >= 11 is 1.61. The van der Waals surface area contributed by atoms with Crippen molar-refractivity contribution in [3.05, 3.63) is 35.9 Å². The Morgan fingerprint density at radius 3 is 2.82 bits per heavy atom. The zero-order valence-corrected chi connectivity index (χ0v) is 13.7. The first-order valence-corrected chi connectivity index (χ1v) is 8.65. The highest BCUT2D eigenvalue weighted by atomic mass is 32.2. The fourth-order valence-corrected chi connectivity index (χ4v) is 3.79. The van der Waals surface area contributed by atoms with Crippen LogP contribution < -0.4 is 10.2 Å². The summed E-state index contributed by atoms with van der Waals surface area (Å²) in [6.07, 6.45) is 4.76. The summed E-state index contributed by atoms with van der Waals surface area (Å²) in [4.78, 5) is 19.7. The molecule has 0 bridgehead atoms. The van der Waals surface area contributed by atoms with Gasteiger partial charge in [0.1, 0.15) is 0 Å². The van der Waals surface area contributed by atoms with E-state index >= 15 is 0 Å². The number of carbonyl (C=O) groups is 1. The van der Waals surface area contributed by atoms with Crippen LogP contribution in [-0.2, 0) is 11.4 Å². The van der Waals surface area contributed by atoms with Gasteiger partial charge in [-0.1, -0.05) is 42.3 Å². The number of piperidine rings is 1. The molecule has 1 aromatic carbocycles. The monoisotopic (exact) mass is 321 g/mol. The highest BCUT2D eigenvalue weighted by Gasteiger charge is 2.49. The van der Waals surface area contributed by atoms with Gasteiger partial charge in [0.15, 0.2) is 0 Å². The Hall–Kier alpha value is -1.24. The molecule has 22 heavy (non-hydrogen) atoms. The smallest absolute Gasteiger partial charge is 0.309 e. The van der Waals surface area contributed by atoms with E-state index in [9.17, 15) is 4.79 Å². The number of amides is 2. The lowest BCUT2D eigenvalue weighted by Gasteiger charge is -2.39. The molecule has 2 amide bonds. The lowest BCUT2D eigenvalue weighted by atomic mass is 9.95. The van der Waals surface area contributed by atoms with Gasteiger partial charge in [0.05, 0.1) is 12.0 Å². The number of likely N-dealkylation sites (tertiary alicyclic amines) is 1. The van der Waals surface area contributed by atoms with E-state index in [0.717, 1.165) is 18.5 Å². The summed E-state index contributed by atoms with van der Waals surface area (Å²) in [5, 5.41) is 0.177. The molecule has 1 aliphatic carbocycles. The second kappa shape index (κ2) is 6.89. The van der Waals surface area contributed by atoms with Crippen LogP contribution in [0.4, 0.5) is 4.79 Å². The molecule has 6 heteroatoms. The fraction of sp³-hybridized carbons (Fsp3) is 0.562. The minimum absolute atomic E-state index is 0.130. The van der Waals surface area contributed by atoms with Crippen LogP contribution in [0, 0.1) is 5.41 Å². The van der Waals surface area contributed by atoms with E-state index in [1.54, 1.807) is 11.9 Å². The molecule has 1 heterocycles. The Bertz CT molecular complexity index is 507. The van der Waals surface area contributed by atoms with Crippen LogP contribution in [-0.4, -0.2) is 29.9 Å². The van der Waals surface area contributed by atoms with Crippen molar-refractivity contribution < 1.29 is 9.63 Å². The molecule has 1 spiro atoms. The number of nitrogens with one attached hydrogen (secondary N) is 2. The second-order valence-corrected chi connectivity index (χ2v) is 7.31. The van der Waals surface area contributed by atoms with Crippen LogP contribution in [0.1, 0.15) is 31.2 Å². The number of carbonyl (C=O) groups excluding carboxylic acids is 1. The SMILES string of the molecule is CNS[C@@H]1CCC2(CC2)CN1C(=O)NOCc1ccccc1. The molecule has 0 aromatic heterocycles. The molecule has 5 nitrogen and oxygen atoms in total. The number of nitrogens with zero attached hydrogens (tertiary/aromatic N) is 1. The Kier molecular flexibility index (Phi) is 4.90. The van der Waals surface area contributed by atoms with Crippen molar-refractivity contribution in [2.75, 3.05) is 13.6 Å². The van der Waals surface area contributed by atoms with Crippen LogP contribution >= 0.6 is 11.9 Å². The van der Waals surface area contributed by atoms with Crippen molar-refractivity contribution in [1.82, 2.24) is 15.1 Å². The van der Waals surface area contributed by atoms with E-state index < -0.39 is 0 Å². The maximum atomic E-state index is 12.4. The van der Waals surface area contributed by atoms with Crippen molar-refractivity contribution in [3.8, 4) is 0 Å². The van der Waals surface area contributed by atoms with Gasteiger partial charge in [-0.05, 0) is 43.7 Å². The Labute approximate surface area is 135 Å². The highest BCUT2D eigenvalue weighted by molar-refractivity contribution is 7.97. The third-order valence-electron chi connectivity index (χ3n) is 4.49. The van der Waals surface area contributed by atoms with Gasteiger partial charge in [-0.3, -0.25) is 9.56 Å². The first kappa shape index (κ1) is 15.6. The minimum atomic E-state index is -0.130. The van der Waals surface area contributed by atoms with Gasteiger partial charge in [0.25, 0.3) is 0 Å². The summed E-state index contributed by atoms with van der Waals surface area (Å²) in [6, 6.07) is 9.71. The van der Waals surface area contributed by atoms with E-state index in [1.807, 2.05) is 42.3 Å². The molecule has 120 valence electrons. The molecule has 1 saturated carbocycles. The third-order valence-corrected chi connectivity index (χ3v) is 5.49. The average molecular weight is 321 g/mol. The predicted octanol–water partition coefficient (Wildman–Crippen LogP) is 2.90. The standard InChI is InChI=1S/C16H23N3O2S/c1-17-22-14-7-8-16(9-10-16)12-19(14)15(20)18-21-11-13-5-3-2-4-6-13/h2-6,14,17H,7-12H2,1H3,(H,18,20)/t14-/m1/s1. The quantitative estimate of drug-likeness (QED) is 0.647. The van der Waals surface area contributed by atoms with E-state index in [2.05, 4.69) is 10.2 Å². The lowest BCUT2D eigenvalue weighted by molar-refractivity contribution is 0.0285. The summed E-state index contributed by atoms with van der Waals surface area (Å²) in [5.41, 5.74) is 4.03. The Morgan fingerprint density at radius 2 is 2.14 bits per heavy atom. The van der Waals surface area contributed by atoms with Gasteiger partial charge in [-0.15, -0.1) is 0 Å². The van der Waals surface area contributed by atoms with Crippen molar-refractivity contribution in [2.45, 2.75) is 37.7 Å². The third kappa shape index (κ3) is 3.74. The molecule has 1 aliphatic heterocycles. The van der Waals surface area contributed by atoms with E-state index in [-0.39, 0.29) is 11.4 Å². The summed E-state index contributed by atoms with van der Waals surface area (Å²) in [5.74, 6) is 0. The molecular weight excluding hydrogens is 298 g/mol. The maximum absolute atomic E-state index is 12.4. The Balaban J connectivity index is 1.52. The topological polar surface area (TPSA) is 53.6 Å². The number of benzene rings is 1. The first-order chi connectivity index (χ1) is 10.7. The van der Waals surface area contributed by atoms with Crippen LogP contribution in [0.15, 0.2) is 30.3 Å². The molecular formula is C16H23N3O2S.